The fourth-order valence-electron chi connectivity index (χ4n) is 3.78. The number of hydrogen-bond acceptors (Lipinski definition) is 2. The van der Waals surface area contributed by atoms with E-state index in [1.807, 2.05) is 18.2 Å². The lowest BCUT2D eigenvalue weighted by atomic mass is 9.77. The number of rotatable bonds is 2. The zero-order chi connectivity index (χ0) is 16.8. The summed E-state index contributed by atoms with van der Waals surface area (Å²) in [5.41, 5.74) is 2.75. The molecule has 0 bridgehead atoms. The van der Waals surface area contributed by atoms with Crippen molar-refractivity contribution in [1.82, 2.24) is 0 Å². The summed E-state index contributed by atoms with van der Waals surface area (Å²) in [6.45, 7) is 0. The third kappa shape index (κ3) is 2.44. The number of carboxylic acids is 1. The molecule has 2 aromatic rings. The summed E-state index contributed by atoms with van der Waals surface area (Å²) in [6.07, 6.45) is 5.20. The summed E-state index contributed by atoms with van der Waals surface area (Å²) < 4.78 is 15.2. The van der Waals surface area contributed by atoms with Gasteiger partial charge in [0.15, 0.2) is 0 Å². The number of carboxylic acid groups (broad SMARTS) is 1. The Morgan fingerprint density at radius 1 is 1.25 bits per heavy atom. The van der Waals surface area contributed by atoms with Gasteiger partial charge in [0.1, 0.15) is 5.82 Å². The van der Waals surface area contributed by atoms with Gasteiger partial charge in [0.2, 0.25) is 0 Å². The van der Waals surface area contributed by atoms with Crippen molar-refractivity contribution in [2.45, 2.75) is 18.4 Å². The van der Waals surface area contributed by atoms with Gasteiger partial charge in [0.25, 0.3) is 0 Å². The molecule has 3 atom stereocenters. The Balaban J connectivity index is 1.76. The number of nitrogens with one attached hydrogen (secondary N) is 1. The number of aromatic carboxylic acids is 1. The molecule has 1 aliphatic carbocycles. The van der Waals surface area contributed by atoms with Crippen molar-refractivity contribution >= 4 is 27.6 Å². The second kappa shape index (κ2) is 5.74. The molecular formula is C19H15BrFNO2. The Kier molecular flexibility index (Phi) is 3.68. The molecular weight excluding hydrogens is 373 g/mol. The van der Waals surface area contributed by atoms with E-state index < -0.39 is 5.97 Å². The molecule has 0 aromatic heterocycles. The molecule has 3 nitrogen and oxygen atoms in total. The van der Waals surface area contributed by atoms with Gasteiger partial charge in [0.05, 0.1) is 17.3 Å². The van der Waals surface area contributed by atoms with E-state index in [2.05, 4.69) is 33.4 Å². The average Bonchev–Trinajstić information content (AvgIpc) is 3.04. The first kappa shape index (κ1) is 15.4. The van der Waals surface area contributed by atoms with Crippen LogP contribution in [0.2, 0.25) is 0 Å². The van der Waals surface area contributed by atoms with Crippen LogP contribution in [0.3, 0.4) is 0 Å². The van der Waals surface area contributed by atoms with Crippen LogP contribution in [0, 0.1) is 11.7 Å². The first-order chi connectivity index (χ1) is 11.5. The van der Waals surface area contributed by atoms with E-state index in [0.29, 0.717) is 11.6 Å². The Labute approximate surface area is 147 Å². The molecule has 4 rings (SSSR count). The molecule has 5 heteroatoms. The Morgan fingerprint density at radius 2 is 2.00 bits per heavy atom. The fraction of sp³-hybridized carbons (Fsp3) is 0.211. The molecule has 1 aliphatic heterocycles. The van der Waals surface area contributed by atoms with Crippen LogP contribution in [0.4, 0.5) is 10.1 Å². The quantitative estimate of drug-likeness (QED) is 0.703. The van der Waals surface area contributed by atoms with Crippen LogP contribution in [0.5, 0.6) is 0 Å². The van der Waals surface area contributed by atoms with Crippen LogP contribution >= 0.6 is 15.9 Å². The third-order valence-corrected chi connectivity index (χ3v) is 5.36. The molecule has 2 aromatic carbocycles. The lowest BCUT2D eigenvalue weighted by molar-refractivity contribution is 0.0697. The molecule has 0 amide bonds. The van der Waals surface area contributed by atoms with E-state index in [1.54, 1.807) is 12.1 Å². The minimum Gasteiger partial charge on any atom is -0.478 e. The van der Waals surface area contributed by atoms with Crippen LogP contribution in [-0.4, -0.2) is 11.1 Å². The van der Waals surface area contributed by atoms with E-state index in [9.17, 15) is 9.18 Å². The molecule has 2 N–H and O–H groups in total. The molecule has 0 spiro atoms. The summed E-state index contributed by atoms with van der Waals surface area (Å²) in [7, 11) is 0. The largest absolute Gasteiger partial charge is 0.478 e. The number of allylic oxidation sites excluding steroid dienone is 2. The molecule has 1 heterocycles. The third-order valence-electron chi connectivity index (χ3n) is 4.90. The second-order valence-electron chi connectivity index (χ2n) is 6.25. The van der Waals surface area contributed by atoms with Crippen LogP contribution in [0.25, 0.3) is 0 Å². The summed E-state index contributed by atoms with van der Waals surface area (Å²) in [5.74, 6) is -0.760. The van der Waals surface area contributed by atoms with Crippen molar-refractivity contribution in [3.63, 3.8) is 0 Å². The molecule has 0 unspecified atom stereocenters. The number of benzene rings is 2. The van der Waals surface area contributed by atoms with Crippen molar-refractivity contribution < 1.29 is 14.3 Å². The lowest BCUT2D eigenvalue weighted by Gasteiger charge is -2.37. The van der Waals surface area contributed by atoms with Crippen molar-refractivity contribution in [3.05, 3.63) is 75.5 Å². The van der Waals surface area contributed by atoms with Crippen molar-refractivity contribution in [2.75, 3.05) is 5.32 Å². The van der Waals surface area contributed by atoms with Gasteiger partial charge < -0.3 is 10.4 Å². The van der Waals surface area contributed by atoms with Gasteiger partial charge in [-0.3, -0.25) is 0 Å². The maximum Gasteiger partial charge on any atom is 0.335 e. The Hall–Kier alpha value is -2.14. The first-order valence-corrected chi connectivity index (χ1v) is 8.59. The highest BCUT2D eigenvalue weighted by Crippen LogP contribution is 2.51. The monoisotopic (exact) mass is 387 g/mol. The topological polar surface area (TPSA) is 49.3 Å². The van der Waals surface area contributed by atoms with E-state index in [1.165, 1.54) is 6.07 Å². The normalized spacial score (nSPS) is 24.2. The highest BCUT2D eigenvalue weighted by atomic mass is 79.9. The van der Waals surface area contributed by atoms with E-state index in [0.717, 1.165) is 22.0 Å². The SMILES string of the molecule is O=C(O)c1ccc([C@@H]2Nc3c(F)cc(Br)cc3[C@H]3C=CC[C@@H]32)cc1. The van der Waals surface area contributed by atoms with E-state index in [4.69, 9.17) is 5.11 Å². The predicted molar refractivity (Wildman–Crippen MR) is 93.9 cm³/mol. The van der Waals surface area contributed by atoms with Gasteiger partial charge in [-0.2, -0.15) is 0 Å². The van der Waals surface area contributed by atoms with Crippen LogP contribution in [0.1, 0.15) is 39.9 Å². The predicted octanol–water partition coefficient (Wildman–Crippen LogP) is 5.11. The number of hydrogen-bond donors (Lipinski definition) is 2. The zero-order valence-electron chi connectivity index (χ0n) is 12.7. The maximum absolute atomic E-state index is 14.5. The number of fused-ring (bicyclic) bond motifs is 3. The van der Waals surface area contributed by atoms with Gasteiger partial charge >= 0.3 is 5.97 Å². The summed E-state index contributed by atoms with van der Waals surface area (Å²) in [4.78, 5) is 11.0. The first-order valence-electron chi connectivity index (χ1n) is 7.80. The minimum absolute atomic E-state index is 0.0454. The Bertz CT molecular complexity index is 847. The van der Waals surface area contributed by atoms with Gasteiger partial charge in [-0.15, -0.1) is 0 Å². The van der Waals surface area contributed by atoms with Gasteiger partial charge in [-0.25, -0.2) is 9.18 Å². The van der Waals surface area contributed by atoms with Gasteiger partial charge in [-0.1, -0.05) is 40.2 Å². The Morgan fingerprint density at radius 3 is 2.71 bits per heavy atom. The fourth-order valence-corrected chi connectivity index (χ4v) is 4.23. The molecule has 2 aliphatic rings. The van der Waals surface area contributed by atoms with Crippen molar-refractivity contribution in [1.29, 1.82) is 0 Å². The second-order valence-corrected chi connectivity index (χ2v) is 7.17. The van der Waals surface area contributed by atoms with Crippen molar-refractivity contribution in [3.8, 4) is 0 Å². The number of anilines is 1. The summed E-state index contributed by atoms with van der Waals surface area (Å²) >= 11 is 3.37. The molecule has 0 saturated heterocycles. The average molecular weight is 388 g/mol. The molecule has 0 fully saturated rings. The van der Waals surface area contributed by atoms with Gasteiger partial charge in [-0.05, 0) is 47.7 Å². The van der Waals surface area contributed by atoms with Gasteiger partial charge in [0, 0.05) is 10.4 Å². The van der Waals surface area contributed by atoms with Crippen LogP contribution < -0.4 is 5.32 Å². The van der Waals surface area contributed by atoms with E-state index in [-0.39, 0.29) is 23.3 Å². The highest BCUT2D eigenvalue weighted by molar-refractivity contribution is 9.10. The van der Waals surface area contributed by atoms with E-state index >= 15 is 0 Å². The highest BCUT2D eigenvalue weighted by Gasteiger charge is 2.39. The number of carbonyl (C=O) groups is 1. The number of halogens is 2. The van der Waals surface area contributed by atoms with Crippen LogP contribution in [0.15, 0.2) is 53.0 Å². The van der Waals surface area contributed by atoms with Crippen LogP contribution in [-0.2, 0) is 0 Å². The molecule has 24 heavy (non-hydrogen) atoms. The zero-order valence-corrected chi connectivity index (χ0v) is 14.3. The molecule has 0 saturated carbocycles. The standard InChI is InChI=1S/C19H15BrFNO2/c20-12-8-15-13-2-1-3-14(13)17(22-18(15)16(21)9-12)10-4-6-11(7-5-10)19(23)24/h1-2,4-9,13-14,17,22H,3H2,(H,23,24)/t13-,14-,17-/m0/s1. The smallest absolute Gasteiger partial charge is 0.335 e. The molecule has 122 valence electrons. The minimum atomic E-state index is -0.945. The maximum atomic E-state index is 14.5. The molecule has 0 radical (unpaired) electrons. The summed E-state index contributed by atoms with van der Waals surface area (Å²) in [6, 6.07) is 10.2. The lowest BCUT2D eigenvalue weighted by Crippen LogP contribution is -2.29. The van der Waals surface area contributed by atoms with Crippen molar-refractivity contribution in [2.24, 2.45) is 5.92 Å². The summed E-state index contributed by atoms with van der Waals surface area (Å²) in [5, 5.41) is 12.4.